The summed E-state index contributed by atoms with van der Waals surface area (Å²) in [6.45, 7) is 3.59. The number of nitrogens with one attached hydrogen (secondary N) is 1. The van der Waals surface area contributed by atoms with Crippen molar-refractivity contribution in [3.8, 4) is 0 Å². The number of benzene rings is 1. The first-order chi connectivity index (χ1) is 8.15. The van der Waals surface area contributed by atoms with Crippen LogP contribution in [0.2, 0.25) is 0 Å². The first-order valence-electron chi connectivity index (χ1n) is 6.01. The second-order valence-corrected chi connectivity index (χ2v) is 4.14. The van der Waals surface area contributed by atoms with E-state index in [1.54, 1.807) is 12.1 Å². The van der Waals surface area contributed by atoms with E-state index in [0.29, 0.717) is 12.0 Å². The smallest absolute Gasteiger partial charge is 0.251 e. The third kappa shape index (κ3) is 4.39. The number of hydrogen-bond donors (Lipinski definition) is 1. The van der Waals surface area contributed by atoms with Gasteiger partial charge in [-0.05, 0) is 25.5 Å². The zero-order chi connectivity index (χ0) is 12.7. The van der Waals surface area contributed by atoms with Crippen LogP contribution in [0.1, 0.15) is 43.5 Å². The number of ketones is 1. The number of carbonyl (C=O) groups is 2. The summed E-state index contributed by atoms with van der Waals surface area (Å²) in [7, 11) is 0. The van der Waals surface area contributed by atoms with E-state index < -0.39 is 0 Å². The molecule has 0 heterocycles. The molecule has 0 aliphatic heterocycles. The van der Waals surface area contributed by atoms with E-state index in [2.05, 4.69) is 12.2 Å². The van der Waals surface area contributed by atoms with Gasteiger partial charge in [0.1, 0.15) is 0 Å². The van der Waals surface area contributed by atoms with E-state index in [-0.39, 0.29) is 17.7 Å². The van der Waals surface area contributed by atoms with Gasteiger partial charge in [-0.1, -0.05) is 38.0 Å². The highest BCUT2D eigenvalue weighted by Crippen LogP contribution is 2.04. The molecule has 1 atom stereocenters. The zero-order valence-electron chi connectivity index (χ0n) is 10.4. The summed E-state index contributed by atoms with van der Waals surface area (Å²) in [5, 5.41) is 2.78. The average Bonchev–Trinajstić information content (AvgIpc) is 2.35. The number of Topliss-reactive ketones (excluding diaryl/α,β-unsaturated/α-hetero) is 1. The van der Waals surface area contributed by atoms with Gasteiger partial charge in [0, 0.05) is 5.56 Å². The van der Waals surface area contributed by atoms with Crippen molar-refractivity contribution in [2.45, 2.75) is 39.2 Å². The highest BCUT2D eigenvalue weighted by molar-refractivity contribution is 5.97. The van der Waals surface area contributed by atoms with Crippen LogP contribution >= 0.6 is 0 Å². The lowest BCUT2D eigenvalue weighted by molar-refractivity contribution is -0.119. The molecule has 0 saturated heterocycles. The van der Waals surface area contributed by atoms with Gasteiger partial charge in [-0.15, -0.1) is 0 Å². The van der Waals surface area contributed by atoms with Gasteiger partial charge < -0.3 is 5.32 Å². The Kier molecular flexibility index (Phi) is 5.40. The van der Waals surface area contributed by atoms with Crippen LogP contribution < -0.4 is 5.32 Å². The summed E-state index contributed by atoms with van der Waals surface area (Å²) >= 11 is 0. The second kappa shape index (κ2) is 6.84. The number of hydrogen-bond acceptors (Lipinski definition) is 2. The highest BCUT2D eigenvalue weighted by Gasteiger charge is 2.16. The summed E-state index contributed by atoms with van der Waals surface area (Å²) < 4.78 is 0. The average molecular weight is 233 g/mol. The second-order valence-electron chi connectivity index (χ2n) is 4.14. The third-order valence-electron chi connectivity index (χ3n) is 2.68. The van der Waals surface area contributed by atoms with Crippen LogP contribution in [0.5, 0.6) is 0 Å². The van der Waals surface area contributed by atoms with Crippen molar-refractivity contribution in [3.05, 3.63) is 35.9 Å². The fourth-order valence-corrected chi connectivity index (χ4v) is 1.62. The topological polar surface area (TPSA) is 46.2 Å². The molecule has 0 radical (unpaired) electrons. The Morgan fingerprint density at radius 3 is 2.41 bits per heavy atom. The van der Waals surface area contributed by atoms with Crippen molar-refractivity contribution >= 4 is 11.7 Å². The van der Waals surface area contributed by atoms with Crippen LogP contribution in [-0.2, 0) is 4.79 Å². The summed E-state index contributed by atoms with van der Waals surface area (Å²) in [6.07, 6.45) is 2.68. The van der Waals surface area contributed by atoms with Crippen molar-refractivity contribution in [3.63, 3.8) is 0 Å². The lowest BCUT2D eigenvalue weighted by Crippen LogP contribution is -2.39. The van der Waals surface area contributed by atoms with Crippen molar-refractivity contribution in [2.75, 3.05) is 0 Å². The van der Waals surface area contributed by atoms with Crippen LogP contribution in [0, 0.1) is 0 Å². The Bertz CT molecular complexity index is 373. The predicted molar refractivity (Wildman–Crippen MR) is 67.9 cm³/mol. The summed E-state index contributed by atoms with van der Waals surface area (Å²) in [5.74, 6) is -0.162. The molecule has 1 rings (SSSR count). The van der Waals surface area contributed by atoms with Crippen LogP contribution in [0.4, 0.5) is 0 Å². The number of carbonyl (C=O) groups excluding carboxylic acids is 2. The summed E-state index contributed by atoms with van der Waals surface area (Å²) in [5.41, 5.74) is 0.593. The molecule has 0 bridgehead atoms. The first kappa shape index (κ1) is 13.4. The van der Waals surface area contributed by atoms with Gasteiger partial charge in [0.2, 0.25) is 0 Å². The normalized spacial score (nSPS) is 11.9. The van der Waals surface area contributed by atoms with E-state index in [1.807, 2.05) is 18.2 Å². The lowest BCUT2D eigenvalue weighted by atomic mass is 10.1. The van der Waals surface area contributed by atoms with Gasteiger partial charge in [0.25, 0.3) is 5.91 Å². The molecule has 1 amide bonds. The lowest BCUT2D eigenvalue weighted by Gasteiger charge is -2.15. The molecule has 17 heavy (non-hydrogen) atoms. The van der Waals surface area contributed by atoms with Gasteiger partial charge in [-0.2, -0.15) is 0 Å². The minimum absolute atomic E-state index is 0.0164. The summed E-state index contributed by atoms with van der Waals surface area (Å²) in [6, 6.07) is 8.60. The maximum atomic E-state index is 11.9. The Labute approximate surface area is 102 Å². The molecule has 1 aromatic carbocycles. The molecule has 0 spiro atoms. The molecular formula is C14H19NO2. The molecule has 1 aromatic rings. The largest absolute Gasteiger partial charge is 0.342 e. The van der Waals surface area contributed by atoms with E-state index in [9.17, 15) is 9.59 Å². The SMILES string of the molecule is CCCC[C@H](NC(=O)c1ccccc1)C(C)=O. The molecule has 1 N–H and O–H groups in total. The Morgan fingerprint density at radius 1 is 1.24 bits per heavy atom. The first-order valence-corrected chi connectivity index (χ1v) is 6.01. The maximum Gasteiger partial charge on any atom is 0.251 e. The minimum Gasteiger partial charge on any atom is -0.342 e. The van der Waals surface area contributed by atoms with E-state index in [0.717, 1.165) is 12.8 Å². The molecular weight excluding hydrogens is 214 g/mol. The molecule has 0 aliphatic rings. The molecule has 0 fully saturated rings. The fraction of sp³-hybridized carbons (Fsp3) is 0.429. The van der Waals surface area contributed by atoms with Crippen LogP contribution in [-0.4, -0.2) is 17.7 Å². The molecule has 3 heteroatoms. The molecule has 0 unspecified atom stereocenters. The van der Waals surface area contributed by atoms with E-state index in [1.165, 1.54) is 6.92 Å². The number of unbranched alkanes of at least 4 members (excludes halogenated alkanes) is 1. The number of rotatable bonds is 6. The van der Waals surface area contributed by atoms with Crippen molar-refractivity contribution in [2.24, 2.45) is 0 Å². The van der Waals surface area contributed by atoms with Crippen molar-refractivity contribution in [1.29, 1.82) is 0 Å². The highest BCUT2D eigenvalue weighted by atomic mass is 16.2. The number of amides is 1. The van der Waals surface area contributed by atoms with Gasteiger partial charge in [0.05, 0.1) is 6.04 Å². The van der Waals surface area contributed by atoms with Crippen LogP contribution in [0.25, 0.3) is 0 Å². The van der Waals surface area contributed by atoms with Gasteiger partial charge in [-0.25, -0.2) is 0 Å². The Balaban J connectivity index is 2.61. The van der Waals surface area contributed by atoms with Crippen LogP contribution in [0.3, 0.4) is 0 Å². The van der Waals surface area contributed by atoms with Crippen LogP contribution in [0.15, 0.2) is 30.3 Å². The maximum absolute atomic E-state index is 11.9. The van der Waals surface area contributed by atoms with E-state index >= 15 is 0 Å². The van der Waals surface area contributed by atoms with Gasteiger partial charge >= 0.3 is 0 Å². The Morgan fingerprint density at radius 2 is 1.88 bits per heavy atom. The van der Waals surface area contributed by atoms with Gasteiger partial charge in [-0.3, -0.25) is 9.59 Å². The molecule has 0 aromatic heterocycles. The molecule has 92 valence electrons. The minimum atomic E-state index is -0.359. The molecule has 0 saturated carbocycles. The van der Waals surface area contributed by atoms with E-state index in [4.69, 9.17) is 0 Å². The van der Waals surface area contributed by atoms with Gasteiger partial charge in [0.15, 0.2) is 5.78 Å². The fourth-order valence-electron chi connectivity index (χ4n) is 1.62. The molecule has 0 aliphatic carbocycles. The Hall–Kier alpha value is -1.64. The predicted octanol–water partition coefficient (Wildman–Crippen LogP) is 2.56. The third-order valence-corrected chi connectivity index (χ3v) is 2.68. The van der Waals surface area contributed by atoms with Crippen molar-refractivity contribution < 1.29 is 9.59 Å². The summed E-state index contributed by atoms with van der Waals surface area (Å²) in [4.78, 5) is 23.3. The van der Waals surface area contributed by atoms with Crippen molar-refractivity contribution in [1.82, 2.24) is 5.32 Å². The monoisotopic (exact) mass is 233 g/mol. The zero-order valence-corrected chi connectivity index (χ0v) is 10.4. The standard InChI is InChI=1S/C14H19NO2/c1-3-4-10-13(11(2)16)15-14(17)12-8-6-5-7-9-12/h5-9,13H,3-4,10H2,1-2H3,(H,15,17)/t13-/m0/s1. The quantitative estimate of drug-likeness (QED) is 0.820. The molecule has 3 nitrogen and oxygen atoms in total.